The molecule has 10 nitrogen and oxygen atoms in total. The van der Waals surface area contributed by atoms with Crippen LogP contribution in [0, 0.1) is 5.92 Å². The van der Waals surface area contributed by atoms with Gasteiger partial charge in [0.2, 0.25) is 11.8 Å². The Morgan fingerprint density at radius 2 is 1.79 bits per heavy atom. The second-order valence-corrected chi connectivity index (χ2v) is 20.9. The summed E-state index contributed by atoms with van der Waals surface area (Å²) in [7, 11) is -0.898. The van der Waals surface area contributed by atoms with Gasteiger partial charge in [0.05, 0.1) is 52.6 Å². The number of benzene rings is 4. The molecule has 4 aromatic carbocycles. The van der Waals surface area contributed by atoms with E-state index in [9.17, 15) is 14.7 Å². The average Bonchev–Trinajstić information content (AvgIpc) is 3.89. The second-order valence-electron chi connectivity index (χ2n) is 15.8. The normalized spacial score (nSPS) is 23.0. The number of carbonyl (C=O) groups excluding carboxylic acids is 3. The van der Waals surface area contributed by atoms with Crippen molar-refractivity contribution in [2.24, 2.45) is 5.92 Å². The minimum absolute atomic E-state index is 0.0386. The molecular formula is C44H51ClN4O6Si. The van der Waals surface area contributed by atoms with Gasteiger partial charge in [-0.2, -0.15) is 0 Å². The molecule has 0 saturated carbocycles. The van der Waals surface area contributed by atoms with Gasteiger partial charge < -0.3 is 35.0 Å². The predicted octanol–water partition coefficient (Wildman–Crippen LogP) is 6.21. The third-order valence-electron chi connectivity index (χ3n) is 12.0. The Kier molecular flexibility index (Phi) is 11.7. The fourth-order valence-corrected chi connectivity index (χ4v) is 13.4. The molecule has 3 N–H and O–H groups in total. The summed E-state index contributed by atoms with van der Waals surface area (Å²) in [5.41, 5.74) is 2.28. The SMILES string of the molecule is COc1ccc([Si](C)(C)[C@H]2[C@H](CC(=O)N(CCO)Cc3ccccc3)O[C@@]3(C(=O)N(Cc4cccc(NC(=O)[C@H]5CCCN5)c4)c4ccc(Cl)cc43)[C@@H]2C)cc1. The van der Waals surface area contributed by atoms with Crippen LogP contribution in [0.1, 0.15) is 42.9 Å². The van der Waals surface area contributed by atoms with Gasteiger partial charge in [-0.3, -0.25) is 14.4 Å². The molecule has 0 bridgehead atoms. The number of carbonyl (C=O) groups is 3. The quantitative estimate of drug-likeness (QED) is 0.138. The Morgan fingerprint density at radius 1 is 1.04 bits per heavy atom. The van der Waals surface area contributed by atoms with E-state index in [1.165, 1.54) is 0 Å². The van der Waals surface area contributed by atoms with Crippen molar-refractivity contribution in [1.29, 1.82) is 0 Å². The number of aliphatic hydroxyl groups excluding tert-OH is 1. The van der Waals surface area contributed by atoms with Crippen molar-refractivity contribution >= 4 is 54.0 Å². The lowest BCUT2D eigenvalue weighted by Crippen LogP contribution is -2.52. The van der Waals surface area contributed by atoms with Crippen LogP contribution < -0.4 is 25.5 Å². The lowest BCUT2D eigenvalue weighted by molar-refractivity contribution is -0.150. The maximum atomic E-state index is 15.3. The largest absolute Gasteiger partial charge is 0.497 e. The van der Waals surface area contributed by atoms with Gasteiger partial charge in [0, 0.05) is 35.3 Å². The van der Waals surface area contributed by atoms with Crippen LogP contribution >= 0.6 is 11.6 Å². The molecule has 5 atom stereocenters. The molecule has 0 radical (unpaired) electrons. The predicted molar refractivity (Wildman–Crippen MR) is 222 cm³/mol. The van der Waals surface area contributed by atoms with Crippen molar-refractivity contribution in [3.05, 3.63) is 119 Å². The molecule has 3 heterocycles. The number of amides is 3. The summed E-state index contributed by atoms with van der Waals surface area (Å²) in [6, 6.07) is 30.7. The highest BCUT2D eigenvalue weighted by molar-refractivity contribution is 6.91. The lowest BCUT2D eigenvalue weighted by atomic mass is 9.82. The first-order valence-electron chi connectivity index (χ1n) is 19.5. The van der Waals surface area contributed by atoms with Crippen LogP contribution in [0.4, 0.5) is 11.4 Å². The minimum Gasteiger partial charge on any atom is -0.497 e. The van der Waals surface area contributed by atoms with E-state index in [1.54, 1.807) is 23.0 Å². The summed E-state index contributed by atoms with van der Waals surface area (Å²) >= 11 is 6.72. The fourth-order valence-electron chi connectivity index (χ4n) is 9.23. The van der Waals surface area contributed by atoms with Crippen molar-refractivity contribution < 1.29 is 29.0 Å². The number of halogens is 1. The number of nitrogens with zero attached hydrogens (tertiary/aromatic N) is 2. The van der Waals surface area contributed by atoms with Gasteiger partial charge in [-0.25, -0.2) is 0 Å². The number of rotatable bonds is 13. The Balaban J connectivity index is 1.25. The molecule has 7 rings (SSSR count). The number of ether oxygens (including phenoxy) is 2. The molecule has 56 heavy (non-hydrogen) atoms. The monoisotopic (exact) mass is 794 g/mol. The molecule has 294 valence electrons. The van der Waals surface area contributed by atoms with E-state index >= 15 is 4.79 Å². The third kappa shape index (κ3) is 7.63. The smallest absolute Gasteiger partial charge is 0.264 e. The van der Waals surface area contributed by atoms with Crippen molar-refractivity contribution in [2.45, 2.75) is 75.7 Å². The van der Waals surface area contributed by atoms with E-state index in [0.717, 1.165) is 41.4 Å². The number of hydrogen-bond acceptors (Lipinski definition) is 7. The fraction of sp³-hybridized carbons (Fsp3) is 0.386. The molecule has 0 aliphatic carbocycles. The van der Waals surface area contributed by atoms with Crippen LogP contribution in [0.5, 0.6) is 5.75 Å². The number of hydrogen-bond donors (Lipinski definition) is 3. The lowest BCUT2D eigenvalue weighted by Gasteiger charge is -2.37. The van der Waals surface area contributed by atoms with Gasteiger partial charge in [-0.05, 0) is 78.5 Å². The van der Waals surface area contributed by atoms with Gasteiger partial charge in [0.15, 0.2) is 5.60 Å². The summed E-state index contributed by atoms with van der Waals surface area (Å²) < 4.78 is 12.7. The van der Waals surface area contributed by atoms with E-state index in [-0.39, 0.29) is 61.3 Å². The molecular weight excluding hydrogens is 744 g/mol. The van der Waals surface area contributed by atoms with Crippen molar-refractivity contribution in [2.75, 3.05) is 37.0 Å². The van der Waals surface area contributed by atoms with E-state index < -0.39 is 19.8 Å². The summed E-state index contributed by atoms with van der Waals surface area (Å²) in [5.74, 6) is -0.0174. The first kappa shape index (κ1) is 39.7. The molecule has 2 fully saturated rings. The van der Waals surface area contributed by atoms with Crippen LogP contribution in [0.15, 0.2) is 97.1 Å². The Labute approximate surface area is 335 Å². The summed E-state index contributed by atoms with van der Waals surface area (Å²) in [5, 5.41) is 18.0. The van der Waals surface area contributed by atoms with E-state index in [0.29, 0.717) is 28.5 Å². The number of aliphatic hydroxyl groups is 1. The molecule has 4 aromatic rings. The molecule has 3 aliphatic rings. The van der Waals surface area contributed by atoms with Gasteiger partial charge in [-0.1, -0.05) is 91.4 Å². The number of nitrogens with one attached hydrogen (secondary N) is 2. The van der Waals surface area contributed by atoms with Crippen LogP contribution in [-0.4, -0.2) is 74.8 Å². The van der Waals surface area contributed by atoms with Crippen LogP contribution in [-0.2, 0) is 37.8 Å². The zero-order valence-corrected chi connectivity index (χ0v) is 34.2. The van der Waals surface area contributed by atoms with Crippen LogP contribution in [0.3, 0.4) is 0 Å². The molecule has 3 aliphatic heterocycles. The minimum atomic E-state index is -2.54. The van der Waals surface area contributed by atoms with Gasteiger partial charge in [-0.15, -0.1) is 0 Å². The average molecular weight is 795 g/mol. The molecule has 0 aromatic heterocycles. The summed E-state index contributed by atoms with van der Waals surface area (Å²) in [4.78, 5) is 46.0. The Bertz CT molecular complexity index is 2060. The molecule has 2 saturated heterocycles. The topological polar surface area (TPSA) is 120 Å². The maximum absolute atomic E-state index is 15.3. The number of anilines is 2. The highest BCUT2D eigenvalue weighted by atomic mass is 35.5. The first-order valence-corrected chi connectivity index (χ1v) is 22.9. The van der Waals surface area contributed by atoms with E-state index in [2.05, 4.69) is 42.8 Å². The van der Waals surface area contributed by atoms with Gasteiger partial charge in [0.25, 0.3) is 5.91 Å². The molecule has 1 spiro atoms. The van der Waals surface area contributed by atoms with Gasteiger partial charge >= 0.3 is 0 Å². The van der Waals surface area contributed by atoms with Gasteiger partial charge in [0.1, 0.15) is 5.75 Å². The zero-order valence-electron chi connectivity index (χ0n) is 32.5. The Morgan fingerprint density at radius 3 is 2.48 bits per heavy atom. The van der Waals surface area contributed by atoms with Crippen molar-refractivity contribution in [1.82, 2.24) is 10.2 Å². The molecule has 3 amide bonds. The van der Waals surface area contributed by atoms with E-state index in [1.807, 2.05) is 78.9 Å². The van der Waals surface area contributed by atoms with Crippen molar-refractivity contribution in [3.8, 4) is 5.75 Å². The maximum Gasteiger partial charge on any atom is 0.264 e. The Hall–Kier alpha value is -4.52. The third-order valence-corrected chi connectivity index (χ3v) is 16.6. The highest BCUT2D eigenvalue weighted by Crippen LogP contribution is 2.60. The highest BCUT2D eigenvalue weighted by Gasteiger charge is 2.66. The number of methoxy groups -OCH3 is 1. The molecule has 12 heteroatoms. The summed E-state index contributed by atoms with van der Waals surface area (Å²) in [6.45, 7) is 8.05. The summed E-state index contributed by atoms with van der Waals surface area (Å²) in [6.07, 6.45) is 1.19. The van der Waals surface area contributed by atoms with Crippen LogP contribution in [0.25, 0.3) is 0 Å². The standard InChI is InChI=1S/C44H51ClN4O6Si/c1-29-41(56(3,4)35-18-16-34(54-2)17-19-35)39(26-40(51)48(22-23-50)27-30-10-6-5-7-11-30)55-44(29)36-25-32(45)15-20-38(36)49(43(44)53)28-31-12-8-13-33(24-31)47-42(52)37-14-9-21-46-37/h5-8,10-13,15-20,24-25,29,37,39,41,46,50H,9,14,21-23,26-28H2,1-4H3,(H,47,52)/t29-,37-,39+,41-,44+/m1/s1. The first-order chi connectivity index (χ1) is 27.0. The van der Waals surface area contributed by atoms with Crippen molar-refractivity contribution in [3.63, 3.8) is 0 Å². The number of fused-ring (bicyclic) bond motifs is 2. The zero-order chi connectivity index (χ0) is 39.6. The van der Waals surface area contributed by atoms with E-state index in [4.69, 9.17) is 21.1 Å². The second kappa shape index (κ2) is 16.5. The van der Waals surface area contributed by atoms with Crippen LogP contribution in [0.2, 0.25) is 23.7 Å². The molecule has 0 unspecified atom stereocenters.